The van der Waals surface area contributed by atoms with E-state index in [1.165, 1.54) is 24.0 Å². The van der Waals surface area contributed by atoms with Crippen molar-refractivity contribution in [3.63, 3.8) is 0 Å². The predicted molar refractivity (Wildman–Crippen MR) is 59.0 cm³/mol. The maximum atomic E-state index is 5.87. The van der Waals surface area contributed by atoms with Gasteiger partial charge in [0.2, 0.25) is 0 Å². The minimum Gasteiger partial charge on any atom is -0.329 e. The Morgan fingerprint density at radius 1 is 1.46 bits per heavy atom. The Labute approximate surface area is 83.7 Å². The van der Waals surface area contributed by atoms with E-state index in [2.05, 4.69) is 30.5 Å². The fraction of sp³-hybridized carbons (Fsp3) is 0.455. The van der Waals surface area contributed by atoms with Crippen molar-refractivity contribution < 1.29 is 0 Å². The highest BCUT2D eigenvalue weighted by Crippen LogP contribution is 2.45. The molecule has 2 N–H and O–H groups in total. The van der Waals surface area contributed by atoms with E-state index < -0.39 is 0 Å². The monoisotopic (exact) mass is 193 g/mol. The molecule has 0 heterocycles. The van der Waals surface area contributed by atoms with Gasteiger partial charge in [0.15, 0.2) is 0 Å². The molecule has 70 valence electrons. The average molecular weight is 193 g/mol. The Hall–Kier alpha value is -0.470. The lowest BCUT2D eigenvalue weighted by atomic mass is 10.0. The molecule has 13 heavy (non-hydrogen) atoms. The van der Waals surface area contributed by atoms with Crippen molar-refractivity contribution in [2.45, 2.75) is 17.6 Å². The largest absolute Gasteiger partial charge is 0.329 e. The summed E-state index contributed by atoms with van der Waals surface area (Å²) < 4.78 is 0.205. The molecule has 1 atom stereocenters. The third kappa shape index (κ3) is 1.29. The summed E-state index contributed by atoms with van der Waals surface area (Å²) in [5.41, 5.74) is 8.82. The quantitative estimate of drug-likeness (QED) is 0.779. The normalized spacial score (nSPS) is 26.0. The van der Waals surface area contributed by atoms with Crippen molar-refractivity contribution >= 4 is 11.8 Å². The number of hydrogen-bond acceptors (Lipinski definition) is 2. The molecule has 1 aliphatic carbocycles. The molecule has 2 rings (SSSR count). The molecule has 0 spiro atoms. The van der Waals surface area contributed by atoms with E-state index in [1.807, 2.05) is 11.8 Å². The van der Waals surface area contributed by atoms with Gasteiger partial charge in [-0.05, 0) is 30.2 Å². The second-order valence-electron chi connectivity index (χ2n) is 3.56. The average Bonchev–Trinajstić information content (AvgIpc) is 2.58. The van der Waals surface area contributed by atoms with E-state index in [9.17, 15) is 0 Å². The van der Waals surface area contributed by atoms with Crippen LogP contribution in [-0.4, -0.2) is 12.8 Å². The molecule has 0 amide bonds. The Morgan fingerprint density at radius 2 is 2.23 bits per heavy atom. The Balaban J connectivity index is 2.47. The first-order valence-corrected chi connectivity index (χ1v) is 5.88. The summed E-state index contributed by atoms with van der Waals surface area (Å²) in [5, 5.41) is 0. The molecule has 1 aromatic rings. The van der Waals surface area contributed by atoms with Gasteiger partial charge in [-0.2, -0.15) is 11.8 Å². The first-order valence-electron chi connectivity index (χ1n) is 4.66. The van der Waals surface area contributed by atoms with Crippen molar-refractivity contribution in [3.8, 4) is 0 Å². The summed E-state index contributed by atoms with van der Waals surface area (Å²) in [5.74, 6) is 0. The SMILES string of the molecule is CSC1(CN)CCc2ccccc21. The van der Waals surface area contributed by atoms with Crippen LogP contribution in [-0.2, 0) is 11.2 Å². The molecular weight excluding hydrogens is 178 g/mol. The number of thioether (sulfide) groups is 1. The van der Waals surface area contributed by atoms with Crippen molar-refractivity contribution in [2.75, 3.05) is 12.8 Å². The van der Waals surface area contributed by atoms with Gasteiger partial charge >= 0.3 is 0 Å². The van der Waals surface area contributed by atoms with Gasteiger partial charge in [0, 0.05) is 6.54 Å². The van der Waals surface area contributed by atoms with Crippen molar-refractivity contribution in [1.82, 2.24) is 0 Å². The molecule has 1 nitrogen and oxygen atoms in total. The minimum absolute atomic E-state index is 0.205. The number of fused-ring (bicyclic) bond motifs is 1. The van der Waals surface area contributed by atoms with Crippen LogP contribution in [0, 0.1) is 0 Å². The van der Waals surface area contributed by atoms with Crippen molar-refractivity contribution in [3.05, 3.63) is 35.4 Å². The van der Waals surface area contributed by atoms with E-state index >= 15 is 0 Å². The van der Waals surface area contributed by atoms with Crippen LogP contribution in [0.4, 0.5) is 0 Å². The number of rotatable bonds is 2. The maximum absolute atomic E-state index is 5.87. The first kappa shape index (κ1) is 9.10. The second kappa shape index (κ2) is 3.35. The lowest BCUT2D eigenvalue weighted by Gasteiger charge is -2.26. The highest BCUT2D eigenvalue weighted by Gasteiger charge is 2.36. The zero-order chi connectivity index (χ0) is 9.31. The van der Waals surface area contributed by atoms with Gasteiger partial charge in [0.25, 0.3) is 0 Å². The fourth-order valence-corrected chi connectivity index (χ4v) is 3.05. The molecule has 0 radical (unpaired) electrons. The zero-order valence-corrected chi connectivity index (χ0v) is 8.73. The summed E-state index contributed by atoms with van der Waals surface area (Å²) >= 11 is 1.90. The van der Waals surface area contributed by atoms with E-state index in [-0.39, 0.29) is 4.75 Å². The van der Waals surface area contributed by atoms with Crippen LogP contribution in [0.2, 0.25) is 0 Å². The molecule has 0 saturated heterocycles. The van der Waals surface area contributed by atoms with Gasteiger partial charge in [0.1, 0.15) is 0 Å². The number of nitrogens with two attached hydrogens (primary N) is 1. The van der Waals surface area contributed by atoms with Crippen molar-refractivity contribution in [1.29, 1.82) is 0 Å². The molecule has 0 fully saturated rings. The predicted octanol–water partition coefficient (Wildman–Crippen LogP) is 2.15. The number of benzene rings is 1. The third-order valence-corrected chi connectivity index (χ3v) is 4.40. The maximum Gasteiger partial charge on any atom is 0.0533 e. The zero-order valence-electron chi connectivity index (χ0n) is 7.92. The Bertz CT molecular complexity index is 305. The summed E-state index contributed by atoms with van der Waals surface area (Å²) in [6.07, 6.45) is 4.55. The van der Waals surface area contributed by atoms with Crippen LogP contribution in [0.15, 0.2) is 24.3 Å². The van der Waals surface area contributed by atoms with E-state index in [4.69, 9.17) is 5.73 Å². The molecule has 1 unspecified atom stereocenters. The van der Waals surface area contributed by atoms with Crippen LogP contribution >= 0.6 is 11.8 Å². The Kier molecular flexibility index (Phi) is 2.35. The highest BCUT2D eigenvalue weighted by atomic mass is 32.2. The molecule has 0 saturated carbocycles. The van der Waals surface area contributed by atoms with Gasteiger partial charge in [0.05, 0.1) is 4.75 Å². The molecule has 2 heteroatoms. The lowest BCUT2D eigenvalue weighted by molar-refractivity contribution is 0.628. The second-order valence-corrected chi connectivity index (χ2v) is 4.75. The molecule has 1 aromatic carbocycles. The molecule has 0 aromatic heterocycles. The highest BCUT2D eigenvalue weighted by molar-refractivity contribution is 7.99. The molecule has 0 bridgehead atoms. The molecular formula is C11H15NS. The summed E-state index contributed by atoms with van der Waals surface area (Å²) in [7, 11) is 0. The molecule has 1 aliphatic rings. The van der Waals surface area contributed by atoms with Crippen LogP contribution in [0.25, 0.3) is 0 Å². The first-order chi connectivity index (χ1) is 6.32. The van der Waals surface area contributed by atoms with E-state index in [0.717, 1.165) is 6.54 Å². The standard InChI is InChI=1S/C11H15NS/c1-13-11(8-12)7-6-9-4-2-3-5-10(9)11/h2-5H,6-8,12H2,1H3. The van der Waals surface area contributed by atoms with Gasteiger partial charge < -0.3 is 5.73 Å². The van der Waals surface area contributed by atoms with Crippen LogP contribution < -0.4 is 5.73 Å². The number of hydrogen-bond donors (Lipinski definition) is 1. The summed E-state index contributed by atoms with van der Waals surface area (Å²) in [6.45, 7) is 0.755. The van der Waals surface area contributed by atoms with Gasteiger partial charge in [-0.3, -0.25) is 0 Å². The van der Waals surface area contributed by atoms with Gasteiger partial charge in [-0.15, -0.1) is 0 Å². The Morgan fingerprint density at radius 3 is 2.92 bits per heavy atom. The smallest absolute Gasteiger partial charge is 0.0533 e. The van der Waals surface area contributed by atoms with Gasteiger partial charge in [-0.25, -0.2) is 0 Å². The van der Waals surface area contributed by atoms with Crippen molar-refractivity contribution in [2.24, 2.45) is 5.73 Å². The molecule has 0 aliphatic heterocycles. The van der Waals surface area contributed by atoms with E-state index in [1.54, 1.807) is 0 Å². The number of aryl methyl sites for hydroxylation is 1. The third-order valence-electron chi connectivity index (χ3n) is 3.03. The lowest BCUT2D eigenvalue weighted by Crippen LogP contribution is -2.28. The summed E-state index contributed by atoms with van der Waals surface area (Å²) in [6, 6.07) is 8.69. The van der Waals surface area contributed by atoms with Gasteiger partial charge in [-0.1, -0.05) is 24.3 Å². The van der Waals surface area contributed by atoms with E-state index in [0.29, 0.717) is 0 Å². The van der Waals surface area contributed by atoms with Crippen LogP contribution in [0.1, 0.15) is 17.5 Å². The minimum atomic E-state index is 0.205. The fourth-order valence-electron chi connectivity index (χ4n) is 2.16. The summed E-state index contributed by atoms with van der Waals surface area (Å²) in [4.78, 5) is 0. The van der Waals surface area contributed by atoms with Crippen LogP contribution in [0.3, 0.4) is 0 Å². The topological polar surface area (TPSA) is 26.0 Å². The van der Waals surface area contributed by atoms with Crippen LogP contribution in [0.5, 0.6) is 0 Å².